The zero-order valence-corrected chi connectivity index (χ0v) is 18.9. The number of rotatable bonds is 4. The molecule has 1 heterocycles. The summed E-state index contributed by atoms with van der Waals surface area (Å²) in [6.07, 6.45) is 0. The number of nitrogens with one attached hydrogen (secondary N) is 1. The quantitative estimate of drug-likeness (QED) is 0.469. The topological polar surface area (TPSA) is 30.5 Å². The summed E-state index contributed by atoms with van der Waals surface area (Å²) in [7, 11) is 0. The van der Waals surface area contributed by atoms with Crippen LogP contribution in [0.4, 0.5) is 5.69 Å². The molecule has 3 nitrogen and oxygen atoms in total. The highest BCUT2D eigenvalue weighted by molar-refractivity contribution is 9.10. The first-order chi connectivity index (χ1) is 11.8. The van der Waals surface area contributed by atoms with Gasteiger partial charge in [0.1, 0.15) is 5.78 Å². The number of halogens is 2. The second-order valence-corrected chi connectivity index (χ2v) is 12.3. The van der Waals surface area contributed by atoms with Crippen LogP contribution in [0.5, 0.6) is 0 Å². The van der Waals surface area contributed by atoms with Crippen molar-refractivity contribution in [1.82, 2.24) is 0 Å². The summed E-state index contributed by atoms with van der Waals surface area (Å²) in [5.74, 6) is -0.201. The first-order valence-corrected chi connectivity index (χ1v) is 12.2. The van der Waals surface area contributed by atoms with Crippen molar-refractivity contribution in [3.63, 3.8) is 0 Å². The zero-order valence-electron chi connectivity index (χ0n) is 14.0. The van der Waals surface area contributed by atoms with E-state index in [4.69, 9.17) is 20.9 Å². The molecule has 0 aliphatic carbocycles. The van der Waals surface area contributed by atoms with E-state index in [2.05, 4.69) is 63.2 Å². The van der Waals surface area contributed by atoms with Crippen molar-refractivity contribution in [2.45, 2.75) is 19.6 Å². The molecule has 134 valence electrons. The van der Waals surface area contributed by atoms with E-state index in [1.54, 1.807) is 0 Å². The molecular formula is C18H20Br2NO2PS. The van der Waals surface area contributed by atoms with Crippen LogP contribution in [0.1, 0.15) is 25.2 Å². The van der Waals surface area contributed by atoms with Gasteiger partial charge in [-0.1, -0.05) is 57.8 Å². The van der Waals surface area contributed by atoms with Crippen LogP contribution in [0.25, 0.3) is 0 Å². The third-order valence-electron chi connectivity index (χ3n) is 3.92. The first-order valence-electron chi connectivity index (χ1n) is 7.94. The van der Waals surface area contributed by atoms with Crippen LogP contribution in [0.2, 0.25) is 0 Å². The summed E-state index contributed by atoms with van der Waals surface area (Å²) in [5, 5.41) is 3.54. The lowest BCUT2D eigenvalue weighted by Gasteiger charge is -2.40. The van der Waals surface area contributed by atoms with Gasteiger partial charge in [0.05, 0.1) is 13.2 Å². The molecule has 3 rings (SSSR count). The largest absolute Gasteiger partial charge is 0.370 e. The second-order valence-electron chi connectivity index (χ2n) is 6.86. The molecule has 0 aromatic heterocycles. The lowest BCUT2D eigenvalue weighted by Crippen LogP contribution is -2.31. The maximum absolute atomic E-state index is 6.14. The van der Waals surface area contributed by atoms with Crippen LogP contribution < -0.4 is 5.32 Å². The van der Waals surface area contributed by atoms with Gasteiger partial charge in [0.2, 0.25) is 6.49 Å². The summed E-state index contributed by atoms with van der Waals surface area (Å²) >= 11 is 12.9. The van der Waals surface area contributed by atoms with E-state index in [1.807, 2.05) is 36.4 Å². The van der Waals surface area contributed by atoms with Crippen molar-refractivity contribution in [3.8, 4) is 0 Å². The molecule has 1 aliphatic rings. The van der Waals surface area contributed by atoms with Crippen molar-refractivity contribution < 1.29 is 9.05 Å². The van der Waals surface area contributed by atoms with Crippen molar-refractivity contribution >= 4 is 55.8 Å². The molecule has 2 aromatic carbocycles. The van der Waals surface area contributed by atoms with Gasteiger partial charge in [0.15, 0.2) is 0 Å². The average Bonchev–Trinajstić information content (AvgIpc) is 2.58. The van der Waals surface area contributed by atoms with E-state index >= 15 is 0 Å². The SMILES string of the molecule is CC1(C)COP(=S)(C(Nc2ccc(Br)cc2)c2ccc(Br)cc2)OC1. The summed E-state index contributed by atoms with van der Waals surface area (Å²) in [6, 6.07) is 16.2. The van der Waals surface area contributed by atoms with Crippen LogP contribution in [-0.4, -0.2) is 13.2 Å². The Bertz CT molecular complexity index is 767. The fourth-order valence-electron chi connectivity index (χ4n) is 2.45. The number of anilines is 1. The van der Waals surface area contributed by atoms with Gasteiger partial charge in [0.25, 0.3) is 0 Å². The molecule has 1 aliphatic heterocycles. The van der Waals surface area contributed by atoms with E-state index < -0.39 is 6.49 Å². The minimum absolute atomic E-state index is 0.00974. The monoisotopic (exact) mass is 503 g/mol. The Morgan fingerprint density at radius 3 is 1.96 bits per heavy atom. The van der Waals surface area contributed by atoms with Crippen LogP contribution in [0.15, 0.2) is 57.5 Å². The molecule has 25 heavy (non-hydrogen) atoms. The molecule has 2 aromatic rings. The van der Waals surface area contributed by atoms with Gasteiger partial charge in [-0.25, -0.2) is 0 Å². The van der Waals surface area contributed by atoms with E-state index in [0.29, 0.717) is 13.2 Å². The Hall–Kier alpha value is -0.230. The highest BCUT2D eigenvalue weighted by atomic mass is 79.9. The minimum atomic E-state index is -2.52. The summed E-state index contributed by atoms with van der Waals surface area (Å²) < 4.78 is 14.4. The Morgan fingerprint density at radius 2 is 1.44 bits per heavy atom. The second kappa shape index (κ2) is 7.79. The molecule has 0 amide bonds. The Morgan fingerprint density at radius 1 is 0.960 bits per heavy atom. The van der Waals surface area contributed by atoms with Gasteiger partial charge in [-0.05, 0) is 53.8 Å². The standard InChI is InChI=1S/C18H20Br2NO2PS/c1-18(2)11-22-24(25,23-12-18)17(13-3-5-14(19)6-4-13)21-16-9-7-15(20)8-10-16/h3-10,17,21H,11-12H2,1-2H3. The number of hydrogen-bond donors (Lipinski definition) is 1. The molecule has 1 N–H and O–H groups in total. The number of hydrogen-bond acceptors (Lipinski definition) is 4. The van der Waals surface area contributed by atoms with Crippen LogP contribution in [0, 0.1) is 5.41 Å². The van der Waals surface area contributed by atoms with E-state index in [-0.39, 0.29) is 11.2 Å². The molecule has 1 atom stereocenters. The lowest BCUT2D eigenvalue weighted by atomic mass is 9.97. The van der Waals surface area contributed by atoms with Gasteiger partial charge in [0, 0.05) is 20.0 Å². The molecule has 0 bridgehead atoms. The maximum Gasteiger partial charge on any atom is 0.215 e. The smallest absolute Gasteiger partial charge is 0.215 e. The Kier molecular flexibility index (Phi) is 6.09. The van der Waals surface area contributed by atoms with Crippen molar-refractivity contribution in [2.75, 3.05) is 18.5 Å². The lowest BCUT2D eigenvalue weighted by molar-refractivity contribution is 0.0579. The minimum Gasteiger partial charge on any atom is -0.370 e. The normalized spacial score (nSPS) is 20.0. The molecule has 0 saturated carbocycles. The van der Waals surface area contributed by atoms with Crippen LogP contribution in [-0.2, 0) is 20.9 Å². The fraction of sp³-hybridized carbons (Fsp3) is 0.333. The third kappa shape index (κ3) is 4.94. The molecule has 1 fully saturated rings. The molecule has 1 saturated heterocycles. The van der Waals surface area contributed by atoms with Crippen molar-refractivity contribution in [3.05, 3.63) is 63.0 Å². The van der Waals surface area contributed by atoms with E-state index in [1.165, 1.54) is 0 Å². The van der Waals surface area contributed by atoms with Gasteiger partial charge in [-0.2, -0.15) is 0 Å². The number of benzene rings is 2. The predicted molar refractivity (Wildman–Crippen MR) is 115 cm³/mol. The predicted octanol–water partition coefficient (Wildman–Crippen LogP) is 6.70. The van der Waals surface area contributed by atoms with Gasteiger partial charge in [-0.3, -0.25) is 0 Å². The Labute approximate surface area is 170 Å². The van der Waals surface area contributed by atoms with Gasteiger partial charge >= 0.3 is 0 Å². The van der Waals surface area contributed by atoms with Crippen molar-refractivity contribution in [2.24, 2.45) is 5.41 Å². The highest BCUT2D eigenvalue weighted by Gasteiger charge is 2.40. The van der Waals surface area contributed by atoms with Crippen molar-refractivity contribution in [1.29, 1.82) is 0 Å². The van der Waals surface area contributed by atoms with Crippen LogP contribution in [0.3, 0.4) is 0 Å². The maximum atomic E-state index is 6.14. The fourth-order valence-corrected chi connectivity index (χ4v) is 6.10. The van der Waals surface area contributed by atoms with Gasteiger partial charge < -0.3 is 14.4 Å². The summed E-state index contributed by atoms with van der Waals surface area (Å²) in [6.45, 7) is 2.95. The Balaban J connectivity index is 1.92. The highest BCUT2D eigenvalue weighted by Crippen LogP contribution is 2.64. The molecule has 0 spiro atoms. The van der Waals surface area contributed by atoms with E-state index in [0.717, 1.165) is 20.2 Å². The van der Waals surface area contributed by atoms with E-state index in [9.17, 15) is 0 Å². The molecule has 0 radical (unpaired) electrons. The molecule has 7 heteroatoms. The summed E-state index contributed by atoms with van der Waals surface area (Å²) in [5.41, 5.74) is 2.04. The molecular weight excluding hydrogens is 485 g/mol. The van der Waals surface area contributed by atoms with Crippen LogP contribution >= 0.6 is 38.4 Å². The average molecular weight is 505 g/mol. The first kappa shape index (κ1) is 19.5. The van der Waals surface area contributed by atoms with Gasteiger partial charge in [-0.15, -0.1) is 0 Å². The third-order valence-corrected chi connectivity index (χ3v) is 8.28. The summed E-state index contributed by atoms with van der Waals surface area (Å²) in [4.78, 5) is 0. The molecule has 1 unspecified atom stereocenters. The zero-order chi connectivity index (χ0) is 18.1.